The Morgan fingerprint density at radius 1 is 0.938 bits per heavy atom. The summed E-state index contributed by atoms with van der Waals surface area (Å²) >= 11 is 0. The number of amides is 2. The second-order valence-electron chi connectivity index (χ2n) is 8.54. The van der Waals surface area contributed by atoms with Crippen molar-refractivity contribution in [2.75, 3.05) is 13.1 Å². The van der Waals surface area contributed by atoms with Gasteiger partial charge in [-0.3, -0.25) is 20.4 Å². The van der Waals surface area contributed by atoms with Crippen LogP contribution in [0.2, 0.25) is 0 Å². The summed E-state index contributed by atoms with van der Waals surface area (Å²) < 4.78 is 33.5. The summed E-state index contributed by atoms with van der Waals surface area (Å²) in [4.78, 5) is 25.2. The molecule has 2 heterocycles. The van der Waals surface area contributed by atoms with Gasteiger partial charge >= 0.3 is 0 Å². The zero-order valence-electron chi connectivity index (χ0n) is 19.5. The van der Waals surface area contributed by atoms with Crippen molar-refractivity contribution in [3.8, 4) is 0 Å². The monoisotopic (exact) mass is 461 g/mol. The van der Waals surface area contributed by atoms with Crippen LogP contribution in [0.3, 0.4) is 0 Å². The highest BCUT2D eigenvalue weighted by atomic mass is 32.2. The van der Waals surface area contributed by atoms with Crippen LogP contribution >= 0.6 is 0 Å². The molecule has 1 aromatic carbocycles. The van der Waals surface area contributed by atoms with Crippen molar-refractivity contribution in [3.05, 3.63) is 51.5 Å². The summed E-state index contributed by atoms with van der Waals surface area (Å²) in [7, 11) is -3.66. The number of carbonyl (C=O) groups excluding carboxylic acids is 2. The number of rotatable bonds is 4. The second kappa shape index (κ2) is 9.07. The normalized spacial score (nSPS) is 15.6. The number of piperidine rings is 1. The van der Waals surface area contributed by atoms with Crippen molar-refractivity contribution in [1.82, 2.24) is 15.2 Å². The van der Waals surface area contributed by atoms with Gasteiger partial charge in [0.1, 0.15) is 11.5 Å². The Labute approximate surface area is 189 Å². The number of hydrogen-bond acceptors (Lipinski definition) is 5. The molecular formula is C23H31N3O5S. The van der Waals surface area contributed by atoms with Gasteiger partial charge in [0.2, 0.25) is 15.9 Å². The van der Waals surface area contributed by atoms with Crippen LogP contribution < -0.4 is 10.9 Å². The van der Waals surface area contributed by atoms with E-state index in [1.165, 1.54) is 4.31 Å². The molecule has 2 amide bonds. The lowest BCUT2D eigenvalue weighted by molar-refractivity contribution is -0.126. The summed E-state index contributed by atoms with van der Waals surface area (Å²) in [5, 5.41) is 0. The maximum absolute atomic E-state index is 13.4. The fourth-order valence-corrected chi connectivity index (χ4v) is 6.24. The Morgan fingerprint density at radius 3 is 2.00 bits per heavy atom. The molecule has 1 aliphatic rings. The van der Waals surface area contributed by atoms with Crippen LogP contribution in [0.5, 0.6) is 0 Å². The van der Waals surface area contributed by atoms with Crippen LogP contribution in [0.15, 0.2) is 21.4 Å². The second-order valence-corrected chi connectivity index (χ2v) is 10.4. The number of furan rings is 1. The molecule has 32 heavy (non-hydrogen) atoms. The molecule has 3 rings (SSSR count). The minimum Gasteiger partial charge on any atom is -0.466 e. The molecule has 2 aromatic rings. The molecule has 0 aliphatic carbocycles. The van der Waals surface area contributed by atoms with E-state index in [1.54, 1.807) is 19.9 Å². The van der Waals surface area contributed by atoms with E-state index in [4.69, 9.17) is 4.42 Å². The van der Waals surface area contributed by atoms with Crippen LogP contribution in [-0.2, 0) is 14.8 Å². The van der Waals surface area contributed by atoms with E-state index in [0.29, 0.717) is 34.8 Å². The van der Waals surface area contributed by atoms with Crippen molar-refractivity contribution >= 4 is 21.8 Å². The molecule has 0 radical (unpaired) electrons. The van der Waals surface area contributed by atoms with E-state index < -0.39 is 15.9 Å². The standard InChI is InChI=1S/C23H31N3O5S/c1-13-11-14(2)17(5)21(16(13)4)32(29,30)26-9-7-19(8-10-26)22(27)24-25-23(28)20-12-15(3)31-18(20)6/h11-12,19H,7-10H2,1-6H3,(H,24,27)(H,25,28). The number of nitrogens with one attached hydrogen (secondary N) is 2. The molecular weight excluding hydrogens is 430 g/mol. The Balaban J connectivity index is 1.63. The Kier molecular flexibility index (Phi) is 6.80. The molecule has 8 nitrogen and oxygen atoms in total. The zero-order chi connectivity index (χ0) is 23.8. The number of benzene rings is 1. The summed E-state index contributed by atoms with van der Waals surface area (Å²) in [5.74, 6) is -0.0672. The smallest absolute Gasteiger partial charge is 0.273 e. The van der Waals surface area contributed by atoms with Gasteiger partial charge in [0.05, 0.1) is 10.5 Å². The molecule has 0 spiro atoms. The first-order chi connectivity index (χ1) is 14.9. The lowest BCUT2D eigenvalue weighted by Gasteiger charge is -2.31. The van der Waals surface area contributed by atoms with Crippen molar-refractivity contribution in [2.24, 2.45) is 5.92 Å². The fraction of sp³-hybridized carbons (Fsp3) is 0.478. The van der Waals surface area contributed by atoms with E-state index in [2.05, 4.69) is 10.9 Å². The van der Waals surface area contributed by atoms with Gasteiger partial charge in [-0.2, -0.15) is 4.31 Å². The average Bonchev–Trinajstić information content (AvgIpc) is 3.08. The van der Waals surface area contributed by atoms with Crippen molar-refractivity contribution in [1.29, 1.82) is 0 Å². The first kappa shape index (κ1) is 24.0. The van der Waals surface area contributed by atoms with Gasteiger partial charge in [-0.15, -0.1) is 0 Å². The van der Waals surface area contributed by atoms with Crippen LogP contribution in [0.4, 0.5) is 0 Å². The predicted molar refractivity (Wildman–Crippen MR) is 121 cm³/mol. The summed E-state index contributed by atoms with van der Waals surface area (Å²) in [5.41, 5.74) is 8.65. The predicted octanol–water partition coefficient (Wildman–Crippen LogP) is 2.99. The van der Waals surface area contributed by atoms with Gasteiger partial charge in [-0.25, -0.2) is 8.42 Å². The number of carbonyl (C=O) groups is 2. The molecule has 9 heteroatoms. The highest BCUT2D eigenvalue weighted by molar-refractivity contribution is 7.89. The molecule has 2 N–H and O–H groups in total. The van der Waals surface area contributed by atoms with E-state index >= 15 is 0 Å². The molecule has 0 bridgehead atoms. The number of sulfonamides is 1. The summed E-state index contributed by atoms with van der Waals surface area (Å²) in [6.45, 7) is 11.4. The number of hydrogen-bond donors (Lipinski definition) is 2. The van der Waals surface area contributed by atoms with Crippen LogP contribution in [0, 0.1) is 47.5 Å². The third kappa shape index (κ3) is 4.59. The maximum atomic E-state index is 13.4. The van der Waals surface area contributed by atoms with Gasteiger partial charge in [0, 0.05) is 19.0 Å². The highest BCUT2D eigenvalue weighted by Gasteiger charge is 2.34. The summed E-state index contributed by atoms with van der Waals surface area (Å²) in [6, 6.07) is 3.61. The lowest BCUT2D eigenvalue weighted by Crippen LogP contribution is -2.48. The quantitative estimate of drug-likeness (QED) is 0.681. The number of nitrogens with zero attached hydrogens (tertiary/aromatic N) is 1. The molecule has 1 fully saturated rings. The Hall–Kier alpha value is -2.65. The van der Waals surface area contributed by atoms with E-state index in [0.717, 1.165) is 22.3 Å². The molecule has 1 saturated heterocycles. The van der Waals surface area contributed by atoms with E-state index in [-0.39, 0.29) is 24.9 Å². The van der Waals surface area contributed by atoms with Gasteiger partial charge < -0.3 is 4.42 Å². The minimum atomic E-state index is -3.66. The van der Waals surface area contributed by atoms with Crippen LogP contribution in [0.25, 0.3) is 0 Å². The number of hydrazine groups is 1. The lowest BCUT2D eigenvalue weighted by atomic mass is 9.98. The third-order valence-corrected chi connectivity index (χ3v) is 8.48. The molecule has 174 valence electrons. The molecule has 0 atom stereocenters. The van der Waals surface area contributed by atoms with E-state index in [9.17, 15) is 18.0 Å². The fourth-order valence-electron chi connectivity index (χ4n) is 4.20. The van der Waals surface area contributed by atoms with Crippen molar-refractivity contribution < 1.29 is 22.4 Å². The molecule has 1 aliphatic heterocycles. The topological polar surface area (TPSA) is 109 Å². The van der Waals surface area contributed by atoms with Crippen LogP contribution in [-0.4, -0.2) is 37.6 Å². The molecule has 0 unspecified atom stereocenters. The Morgan fingerprint density at radius 2 is 1.50 bits per heavy atom. The van der Waals surface area contributed by atoms with Gasteiger partial charge in [0.25, 0.3) is 5.91 Å². The van der Waals surface area contributed by atoms with Gasteiger partial charge in [-0.05, 0) is 82.7 Å². The largest absolute Gasteiger partial charge is 0.466 e. The van der Waals surface area contributed by atoms with Gasteiger partial charge in [0.15, 0.2) is 0 Å². The SMILES string of the molecule is Cc1cc(C(=O)NNC(=O)C2CCN(S(=O)(=O)c3c(C)c(C)cc(C)c3C)CC2)c(C)o1. The van der Waals surface area contributed by atoms with E-state index in [1.807, 2.05) is 33.8 Å². The van der Waals surface area contributed by atoms with Crippen molar-refractivity contribution in [3.63, 3.8) is 0 Å². The highest BCUT2D eigenvalue weighted by Crippen LogP contribution is 2.31. The first-order valence-electron chi connectivity index (χ1n) is 10.7. The molecule has 1 aromatic heterocycles. The number of aryl methyl sites for hydroxylation is 4. The zero-order valence-corrected chi connectivity index (χ0v) is 20.3. The maximum Gasteiger partial charge on any atom is 0.273 e. The van der Waals surface area contributed by atoms with Crippen molar-refractivity contribution in [2.45, 2.75) is 59.3 Å². The first-order valence-corrected chi connectivity index (χ1v) is 12.1. The summed E-state index contributed by atoms with van der Waals surface area (Å²) in [6.07, 6.45) is 0.765. The molecule has 0 saturated carbocycles. The third-order valence-electron chi connectivity index (χ3n) is 6.30. The van der Waals surface area contributed by atoms with Crippen LogP contribution in [0.1, 0.15) is 57.0 Å². The minimum absolute atomic E-state index is 0.250. The average molecular weight is 462 g/mol. The Bertz CT molecular complexity index is 1130. The van der Waals surface area contributed by atoms with Gasteiger partial charge in [-0.1, -0.05) is 6.07 Å².